The van der Waals surface area contributed by atoms with Crippen molar-refractivity contribution in [1.82, 2.24) is 29.6 Å². The first-order valence-corrected chi connectivity index (χ1v) is 21.9. The number of nitrogens with zero attached hydrogens (tertiary/aromatic N) is 6. The van der Waals surface area contributed by atoms with E-state index in [4.69, 9.17) is 31.1 Å². The summed E-state index contributed by atoms with van der Waals surface area (Å²) in [7, 11) is -4.41. The van der Waals surface area contributed by atoms with Crippen LogP contribution in [0, 0.1) is 0 Å². The molecule has 3 heterocycles. The lowest BCUT2D eigenvalue weighted by Gasteiger charge is -2.46. The molecule has 10 nitrogen and oxygen atoms in total. The first kappa shape index (κ1) is 35.8. The van der Waals surface area contributed by atoms with Crippen molar-refractivity contribution in [2.24, 2.45) is 0 Å². The van der Waals surface area contributed by atoms with Gasteiger partial charge in [-0.1, -0.05) is 65.3 Å². The van der Waals surface area contributed by atoms with Crippen LogP contribution in [0.5, 0.6) is 5.75 Å². The summed E-state index contributed by atoms with van der Waals surface area (Å²) in [6.07, 6.45) is 1.42. The van der Waals surface area contributed by atoms with E-state index in [1.165, 1.54) is 0 Å². The lowest BCUT2D eigenvalue weighted by molar-refractivity contribution is -0.204. The van der Waals surface area contributed by atoms with Crippen molar-refractivity contribution < 1.29 is 13.8 Å². The Labute approximate surface area is 276 Å². The summed E-state index contributed by atoms with van der Waals surface area (Å²) in [4.78, 5) is 12.6. The van der Waals surface area contributed by atoms with Gasteiger partial charge >= 0.3 is 0 Å². The maximum absolute atomic E-state index is 7.20. The van der Waals surface area contributed by atoms with Gasteiger partial charge in [0.25, 0.3) is 0 Å². The van der Waals surface area contributed by atoms with Crippen molar-refractivity contribution in [3.05, 3.63) is 41.3 Å². The largest absolute Gasteiger partial charge is 0.492 e. The van der Waals surface area contributed by atoms with E-state index in [-0.39, 0.29) is 38.4 Å². The van der Waals surface area contributed by atoms with Crippen molar-refractivity contribution >= 4 is 45.3 Å². The molecule has 13 heteroatoms. The van der Waals surface area contributed by atoms with Crippen LogP contribution in [0.4, 0.5) is 5.95 Å². The molecule has 0 saturated carbocycles. The van der Waals surface area contributed by atoms with E-state index in [1.807, 2.05) is 16.7 Å². The van der Waals surface area contributed by atoms with Gasteiger partial charge in [-0.3, -0.25) is 0 Å². The molecular weight excluding hydrogens is 622 g/mol. The van der Waals surface area contributed by atoms with Crippen LogP contribution in [-0.4, -0.2) is 64.0 Å². The second-order valence-corrected chi connectivity index (χ2v) is 26.0. The van der Waals surface area contributed by atoms with Gasteiger partial charge in [0.05, 0.1) is 23.9 Å². The summed E-state index contributed by atoms with van der Waals surface area (Å²) in [5, 5.41) is 4.77. The molecule has 0 aliphatic carbocycles. The summed E-state index contributed by atoms with van der Waals surface area (Å²) in [6, 6.07) is 8.29. The number of anilines is 1. The Bertz CT molecular complexity index is 1470. The van der Waals surface area contributed by atoms with E-state index in [0.717, 1.165) is 11.3 Å². The summed E-state index contributed by atoms with van der Waals surface area (Å²) < 4.78 is 22.4. The van der Waals surface area contributed by atoms with Gasteiger partial charge in [-0.2, -0.15) is 20.1 Å². The number of hydrogen-bond donors (Lipinski definition) is 1. The van der Waals surface area contributed by atoms with Crippen LogP contribution in [0.1, 0.15) is 81.0 Å². The second-order valence-electron chi connectivity index (χ2n) is 16.2. The molecule has 4 rings (SSSR count). The fourth-order valence-corrected chi connectivity index (χ4v) is 7.10. The monoisotopic (exact) mass is 675 g/mol. The maximum atomic E-state index is 7.20. The number of imidazole rings is 1. The Balaban J connectivity index is 1.64. The predicted octanol–water partition coefficient (Wildman–Crippen LogP) is 8.19. The van der Waals surface area contributed by atoms with E-state index < -0.39 is 16.6 Å². The minimum Gasteiger partial charge on any atom is -0.492 e. The number of ether oxygens (including phenoxy) is 1. The van der Waals surface area contributed by atoms with Crippen molar-refractivity contribution in [2.75, 3.05) is 12.3 Å². The van der Waals surface area contributed by atoms with Crippen LogP contribution in [0.25, 0.3) is 11.2 Å². The highest BCUT2D eigenvalue weighted by Gasteiger charge is 2.63. The first-order chi connectivity index (χ1) is 20.4. The second kappa shape index (κ2) is 11.9. The number of rotatable bonds is 9. The molecule has 2 N–H and O–H groups in total. The molecule has 0 amide bonds. The summed E-state index contributed by atoms with van der Waals surface area (Å²) >= 11 is 6.19. The van der Waals surface area contributed by atoms with E-state index in [1.54, 1.807) is 6.33 Å². The van der Waals surface area contributed by atoms with Gasteiger partial charge in [-0.15, -0.1) is 0 Å². The predicted molar refractivity (Wildman–Crippen MR) is 188 cm³/mol. The molecular formula is C32H54ClN7O3Si2. The zero-order valence-electron chi connectivity index (χ0n) is 29.7. The maximum Gasteiger partial charge on any atom is 0.223 e. The zero-order valence-corrected chi connectivity index (χ0v) is 32.5. The Morgan fingerprint density at radius 1 is 0.844 bits per heavy atom. The fourth-order valence-electron chi connectivity index (χ4n) is 4.70. The SMILES string of the molecule is CC1(C)N(O[Si](C)(C)C(C)(C)C)C(c2ccc(OCCn3cnc4c(Cl)nc(N)nc43)cc2)N(O[Si](C)(C)C(C)(C)C)C1(C)C. The Morgan fingerprint density at radius 2 is 1.33 bits per heavy atom. The topological polar surface area (TPSA) is 104 Å². The molecule has 0 atom stereocenters. The minimum absolute atomic E-state index is 0.0346. The smallest absolute Gasteiger partial charge is 0.223 e. The van der Waals surface area contributed by atoms with E-state index in [2.05, 4.69) is 133 Å². The summed E-state index contributed by atoms with van der Waals surface area (Å²) in [6.45, 7) is 32.9. The number of nitrogens with two attached hydrogens (primary N) is 1. The third kappa shape index (κ3) is 6.70. The van der Waals surface area contributed by atoms with Gasteiger partial charge in [-0.05, 0) is 81.7 Å². The normalized spacial score (nSPS) is 18.6. The Morgan fingerprint density at radius 3 is 1.80 bits per heavy atom. The van der Waals surface area contributed by atoms with Crippen molar-refractivity contribution in [3.63, 3.8) is 0 Å². The quantitative estimate of drug-likeness (QED) is 0.178. The Kier molecular flexibility index (Phi) is 9.44. The molecule has 0 unspecified atom stereocenters. The number of benzene rings is 1. The number of halogens is 1. The molecule has 1 aromatic carbocycles. The standard InChI is InChI=1S/C32H54ClN7O3Si2/c1-29(2,3)44(11,12)42-39-27(40(32(9,10)31(39,7)8)43-45(13,14)30(4,5)6)22-15-17-23(18-16-22)41-20-19-38-21-35-24-25(33)36-28(34)37-26(24)38/h15-18,21,27H,19-20H2,1-14H3,(H2,34,36,37). The van der Waals surface area contributed by atoms with Crippen molar-refractivity contribution in [1.29, 1.82) is 0 Å². The van der Waals surface area contributed by atoms with Crippen LogP contribution < -0.4 is 10.5 Å². The zero-order chi connectivity index (χ0) is 34.0. The molecule has 1 fully saturated rings. The van der Waals surface area contributed by atoms with Gasteiger partial charge in [0.1, 0.15) is 24.0 Å². The molecule has 45 heavy (non-hydrogen) atoms. The van der Waals surface area contributed by atoms with Gasteiger partial charge in [0, 0.05) is 0 Å². The van der Waals surface area contributed by atoms with Crippen molar-refractivity contribution in [2.45, 2.75) is 129 Å². The third-order valence-corrected chi connectivity index (χ3v) is 19.3. The lowest BCUT2D eigenvalue weighted by atomic mass is 9.84. The van der Waals surface area contributed by atoms with Crippen LogP contribution in [-0.2, 0) is 15.6 Å². The molecule has 0 radical (unpaired) electrons. The van der Waals surface area contributed by atoms with Gasteiger partial charge in [0.15, 0.2) is 10.8 Å². The molecule has 2 aromatic heterocycles. The van der Waals surface area contributed by atoms with Crippen LogP contribution in [0.15, 0.2) is 30.6 Å². The number of nitrogen functional groups attached to an aromatic ring is 1. The van der Waals surface area contributed by atoms with Crippen LogP contribution >= 0.6 is 11.6 Å². The summed E-state index contributed by atoms with van der Waals surface area (Å²) in [5.74, 6) is 0.878. The highest BCUT2D eigenvalue weighted by molar-refractivity contribution is 6.74. The lowest BCUT2D eigenvalue weighted by Crippen LogP contribution is -2.58. The van der Waals surface area contributed by atoms with Crippen LogP contribution in [0.2, 0.25) is 41.4 Å². The van der Waals surface area contributed by atoms with E-state index >= 15 is 0 Å². The van der Waals surface area contributed by atoms with Gasteiger partial charge in [0.2, 0.25) is 22.6 Å². The molecule has 1 aliphatic rings. The average molecular weight is 676 g/mol. The van der Waals surface area contributed by atoms with Gasteiger partial charge in [-0.25, -0.2) is 4.98 Å². The van der Waals surface area contributed by atoms with E-state index in [0.29, 0.717) is 24.3 Å². The molecule has 0 spiro atoms. The molecule has 0 bridgehead atoms. The first-order valence-electron chi connectivity index (χ1n) is 15.7. The summed E-state index contributed by atoms with van der Waals surface area (Å²) in [5.41, 5.74) is 7.26. The van der Waals surface area contributed by atoms with Gasteiger partial charge < -0.3 is 24.1 Å². The average Bonchev–Trinajstić information content (AvgIpc) is 3.34. The number of aromatic nitrogens is 4. The van der Waals surface area contributed by atoms with Crippen molar-refractivity contribution in [3.8, 4) is 5.75 Å². The number of fused-ring (bicyclic) bond motifs is 1. The molecule has 250 valence electrons. The minimum atomic E-state index is -2.20. The highest BCUT2D eigenvalue weighted by atomic mass is 35.5. The van der Waals surface area contributed by atoms with E-state index in [9.17, 15) is 0 Å². The molecule has 1 saturated heterocycles. The number of hydrogen-bond acceptors (Lipinski definition) is 9. The highest BCUT2D eigenvalue weighted by Crippen LogP contribution is 2.54. The Hall–Kier alpha value is -2.07. The number of hydroxylamine groups is 4. The third-order valence-electron chi connectivity index (χ3n) is 10.5. The molecule has 3 aromatic rings. The molecule has 1 aliphatic heterocycles. The fraction of sp³-hybridized carbons (Fsp3) is 0.656. The van der Waals surface area contributed by atoms with Crippen LogP contribution in [0.3, 0.4) is 0 Å².